The van der Waals surface area contributed by atoms with Gasteiger partial charge in [-0.3, -0.25) is 0 Å². The second kappa shape index (κ2) is 7.19. The summed E-state index contributed by atoms with van der Waals surface area (Å²) in [4.78, 5) is 5.47. The Bertz CT molecular complexity index is 353. The first-order valence-electron chi connectivity index (χ1n) is 6.61. The first kappa shape index (κ1) is 13.9. The molecular weight excluding hydrogens is 248 g/mol. The van der Waals surface area contributed by atoms with Crippen molar-refractivity contribution >= 4 is 11.3 Å². The van der Waals surface area contributed by atoms with Gasteiger partial charge in [-0.15, -0.1) is 11.3 Å². The maximum Gasteiger partial charge on any atom is 0.0897 e. The number of thiazole rings is 1. The molecule has 102 valence electrons. The van der Waals surface area contributed by atoms with Gasteiger partial charge in [0.05, 0.1) is 30.5 Å². The highest BCUT2D eigenvalue weighted by Crippen LogP contribution is 2.27. The summed E-state index contributed by atoms with van der Waals surface area (Å²) >= 11 is 1.67. The van der Waals surface area contributed by atoms with Gasteiger partial charge in [0.2, 0.25) is 0 Å². The first-order chi connectivity index (χ1) is 8.75. The molecule has 1 aliphatic carbocycles. The van der Waals surface area contributed by atoms with Gasteiger partial charge < -0.3 is 15.2 Å². The lowest BCUT2D eigenvalue weighted by atomic mass is 10.3. The lowest BCUT2D eigenvalue weighted by molar-refractivity contribution is 0.0385. The van der Waals surface area contributed by atoms with E-state index in [-0.39, 0.29) is 0 Å². The van der Waals surface area contributed by atoms with Crippen LogP contribution >= 0.6 is 11.3 Å². The van der Waals surface area contributed by atoms with E-state index in [4.69, 9.17) is 4.74 Å². The molecule has 0 aromatic carbocycles. The van der Waals surface area contributed by atoms with Crippen molar-refractivity contribution in [3.63, 3.8) is 0 Å². The highest BCUT2D eigenvalue weighted by atomic mass is 32.1. The van der Waals surface area contributed by atoms with E-state index in [9.17, 15) is 5.11 Å². The van der Waals surface area contributed by atoms with Gasteiger partial charge >= 0.3 is 0 Å². The molecule has 1 saturated carbocycles. The molecule has 0 saturated heterocycles. The Morgan fingerprint density at radius 2 is 2.44 bits per heavy atom. The number of nitrogens with one attached hydrogen (secondary N) is 1. The topological polar surface area (TPSA) is 54.4 Å². The summed E-state index contributed by atoms with van der Waals surface area (Å²) in [5.74, 6) is 0.854. The van der Waals surface area contributed by atoms with Crippen molar-refractivity contribution in [2.75, 3.05) is 26.3 Å². The van der Waals surface area contributed by atoms with Crippen LogP contribution in [0.4, 0.5) is 0 Å². The van der Waals surface area contributed by atoms with Crippen molar-refractivity contribution in [3.05, 3.63) is 16.1 Å². The fraction of sp³-hybridized carbons (Fsp3) is 0.769. The molecule has 1 unspecified atom stereocenters. The van der Waals surface area contributed by atoms with Crippen molar-refractivity contribution < 1.29 is 9.84 Å². The van der Waals surface area contributed by atoms with Gasteiger partial charge in [0.15, 0.2) is 0 Å². The fourth-order valence-corrected chi connectivity index (χ4v) is 2.55. The van der Waals surface area contributed by atoms with Gasteiger partial charge in [-0.05, 0) is 32.2 Å². The van der Waals surface area contributed by atoms with Crippen molar-refractivity contribution in [3.8, 4) is 0 Å². The number of hydrogen-bond acceptors (Lipinski definition) is 5. The van der Waals surface area contributed by atoms with Crippen molar-refractivity contribution in [2.24, 2.45) is 5.92 Å². The largest absolute Gasteiger partial charge is 0.389 e. The predicted molar refractivity (Wildman–Crippen MR) is 73.0 cm³/mol. The van der Waals surface area contributed by atoms with E-state index in [0.29, 0.717) is 19.8 Å². The Kier molecular flexibility index (Phi) is 5.56. The lowest BCUT2D eigenvalue weighted by Gasteiger charge is -2.12. The van der Waals surface area contributed by atoms with Gasteiger partial charge in [-0.2, -0.15) is 0 Å². The number of hydrogen-bond donors (Lipinski definition) is 2. The van der Waals surface area contributed by atoms with Crippen LogP contribution < -0.4 is 5.32 Å². The van der Waals surface area contributed by atoms with E-state index in [1.165, 1.54) is 17.7 Å². The number of aromatic nitrogens is 1. The minimum Gasteiger partial charge on any atom is -0.389 e. The molecule has 0 spiro atoms. The Morgan fingerprint density at radius 3 is 3.11 bits per heavy atom. The smallest absolute Gasteiger partial charge is 0.0897 e. The molecule has 1 heterocycles. The zero-order valence-corrected chi connectivity index (χ0v) is 11.7. The average molecular weight is 270 g/mol. The van der Waals surface area contributed by atoms with Gasteiger partial charge in [-0.1, -0.05) is 0 Å². The number of rotatable bonds is 9. The van der Waals surface area contributed by atoms with Crippen molar-refractivity contribution in [1.29, 1.82) is 0 Å². The maximum absolute atomic E-state index is 9.70. The molecule has 0 bridgehead atoms. The van der Waals surface area contributed by atoms with Crippen LogP contribution in [0.25, 0.3) is 0 Å². The van der Waals surface area contributed by atoms with Crippen LogP contribution in [0.5, 0.6) is 0 Å². The second-order valence-electron chi connectivity index (χ2n) is 4.94. The predicted octanol–water partition coefficient (Wildman–Crippen LogP) is 1.37. The Morgan fingerprint density at radius 1 is 1.61 bits per heavy atom. The normalized spacial score (nSPS) is 17.0. The maximum atomic E-state index is 9.70. The zero-order chi connectivity index (χ0) is 12.8. The van der Waals surface area contributed by atoms with Crippen molar-refractivity contribution in [2.45, 2.75) is 32.3 Å². The quantitative estimate of drug-likeness (QED) is 0.666. The average Bonchev–Trinajstić information content (AvgIpc) is 3.08. The van der Waals surface area contributed by atoms with E-state index < -0.39 is 6.10 Å². The number of aryl methyl sites for hydroxylation is 1. The molecule has 5 heteroatoms. The third-order valence-electron chi connectivity index (χ3n) is 3.14. The molecule has 1 aromatic heterocycles. The summed E-state index contributed by atoms with van der Waals surface area (Å²) in [6, 6.07) is 0. The van der Waals surface area contributed by atoms with Crippen LogP contribution in [0, 0.1) is 12.8 Å². The van der Waals surface area contributed by atoms with Crippen LogP contribution in [-0.4, -0.2) is 42.5 Å². The van der Waals surface area contributed by atoms with Crippen LogP contribution in [0.3, 0.4) is 0 Å². The molecule has 1 aliphatic rings. The van der Waals surface area contributed by atoms with Crippen LogP contribution in [0.1, 0.15) is 23.4 Å². The number of aliphatic hydroxyl groups excluding tert-OH is 1. The van der Waals surface area contributed by atoms with Crippen LogP contribution in [0.15, 0.2) is 5.51 Å². The third kappa shape index (κ3) is 5.02. The van der Waals surface area contributed by atoms with E-state index in [1.807, 2.05) is 12.4 Å². The SMILES string of the molecule is Cc1ncsc1CCOCC(O)CNCC1CC1. The van der Waals surface area contributed by atoms with Gasteiger partial charge in [0, 0.05) is 17.8 Å². The summed E-state index contributed by atoms with van der Waals surface area (Å²) in [6.45, 7) is 4.76. The molecule has 1 atom stereocenters. The molecule has 1 aromatic rings. The van der Waals surface area contributed by atoms with E-state index in [2.05, 4.69) is 10.3 Å². The first-order valence-corrected chi connectivity index (χ1v) is 7.49. The van der Waals surface area contributed by atoms with Crippen LogP contribution in [-0.2, 0) is 11.2 Å². The molecule has 2 rings (SSSR count). The van der Waals surface area contributed by atoms with Crippen molar-refractivity contribution in [1.82, 2.24) is 10.3 Å². The van der Waals surface area contributed by atoms with Gasteiger partial charge in [0.25, 0.3) is 0 Å². The molecular formula is C13H22N2O2S. The summed E-state index contributed by atoms with van der Waals surface area (Å²) in [7, 11) is 0. The Hall–Kier alpha value is -0.490. The number of nitrogens with zero attached hydrogens (tertiary/aromatic N) is 1. The highest BCUT2D eigenvalue weighted by molar-refractivity contribution is 7.09. The monoisotopic (exact) mass is 270 g/mol. The highest BCUT2D eigenvalue weighted by Gasteiger charge is 2.20. The second-order valence-corrected chi connectivity index (χ2v) is 5.88. The molecule has 0 amide bonds. The summed E-state index contributed by atoms with van der Waals surface area (Å²) in [6.07, 6.45) is 3.17. The fourth-order valence-electron chi connectivity index (χ4n) is 1.79. The van der Waals surface area contributed by atoms with E-state index >= 15 is 0 Å². The molecule has 4 nitrogen and oxygen atoms in total. The molecule has 0 aliphatic heterocycles. The summed E-state index contributed by atoms with van der Waals surface area (Å²) < 4.78 is 5.49. The minimum atomic E-state index is -0.397. The number of aliphatic hydroxyl groups is 1. The molecule has 0 radical (unpaired) electrons. The summed E-state index contributed by atoms with van der Waals surface area (Å²) in [5.41, 5.74) is 2.96. The van der Waals surface area contributed by atoms with Gasteiger partial charge in [0.1, 0.15) is 0 Å². The van der Waals surface area contributed by atoms with Gasteiger partial charge in [-0.25, -0.2) is 4.98 Å². The minimum absolute atomic E-state index is 0.397. The van der Waals surface area contributed by atoms with Crippen LogP contribution in [0.2, 0.25) is 0 Å². The lowest BCUT2D eigenvalue weighted by Crippen LogP contribution is -2.31. The zero-order valence-electron chi connectivity index (χ0n) is 10.9. The van der Waals surface area contributed by atoms with E-state index in [0.717, 1.165) is 24.6 Å². The Balaban J connectivity index is 1.47. The van der Waals surface area contributed by atoms with E-state index in [1.54, 1.807) is 11.3 Å². The molecule has 1 fully saturated rings. The summed E-state index contributed by atoms with van der Waals surface area (Å²) in [5, 5.41) is 13.0. The third-order valence-corrected chi connectivity index (χ3v) is 4.13. The Labute approximate surface area is 112 Å². The number of ether oxygens (including phenoxy) is 1. The standard InChI is InChI=1S/C13H22N2O2S/c1-10-13(18-9-15-10)4-5-17-8-12(16)7-14-6-11-2-3-11/h9,11-12,14,16H,2-8H2,1H3. The molecule has 2 N–H and O–H groups in total. The molecule has 18 heavy (non-hydrogen) atoms.